The average Bonchev–Trinajstić information content (AvgIpc) is 2.19. The van der Waals surface area contributed by atoms with E-state index in [4.69, 9.17) is 0 Å². The van der Waals surface area contributed by atoms with Crippen molar-refractivity contribution in [2.24, 2.45) is 0 Å². The molecule has 18 heavy (non-hydrogen) atoms. The maximum atomic E-state index is 11.9. The number of rotatable bonds is 3. The van der Waals surface area contributed by atoms with E-state index in [9.17, 15) is 14.7 Å². The molecule has 2 rings (SSSR count). The number of nitrogens with one attached hydrogen (secondary N) is 2. The van der Waals surface area contributed by atoms with E-state index in [1.54, 1.807) is 0 Å². The average molecular weight is 254 g/mol. The monoisotopic (exact) mass is 254 g/mol. The zero-order chi connectivity index (χ0) is 13.4. The highest BCUT2D eigenvalue weighted by Gasteiger charge is 2.40. The predicted molar refractivity (Wildman–Crippen MR) is 66.8 cm³/mol. The van der Waals surface area contributed by atoms with Crippen molar-refractivity contribution in [3.8, 4) is 0 Å². The maximum absolute atomic E-state index is 11.9. The fourth-order valence-electron chi connectivity index (χ4n) is 2.70. The molecule has 5 nitrogen and oxygen atoms in total. The number of carbonyl (C=O) groups is 2. The van der Waals surface area contributed by atoms with E-state index in [1.165, 1.54) is 0 Å². The van der Waals surface area contributed by atoms with Crippen LogP contribution in [0.3, 0.4) is 0 Å². The van der Waals surface area contributed by atoms with Crippen molar-refractivity contribution in [3.63, 3.8) is 0 Å². The zero-order valence-corrected chi connectivity index (χ0v) is 11.1. The quantitative estimate of drug-likeness (QED) is 0.685. The zero-order valence-electron chi connectivity index (χ0n) is 11.1. The van der Waals surface area contributed by atoms with Gasteiger partial charge < -0.3 is 15.7 Å². The molecular weight excluding hydrogens is 232 g/mol. The Balaban J connectivity index is 1.88. The molecule has 0 aromatic rings. The summed E-state index contributed by atoms with van der Waals surface area (Å²) in [6.07, 6.45) is 3.69. The van der Waals surface area contributed by atoms with Gasteiger partial charge in [-0.25, -0.2) is 0 Å². The van der Waals surface area contributed by atoms with Gasteiger partial charge in [-0.3, -0.25) is 9.59 Å². The van der Waals surface area contributed by atoms with Gasteiger partial charge in [-0.1, -0.05) is 0 Å². The molecule has 1 heterocycles. The Kier molecular flexibility index (Phi) is 3.36. The first-order chi connectivity index (χ1) is 8.31. The molecule has 5 heteroatoms. The number of carbonyl (C=O) groups excluding carboxylic acids is 2. The van der Waals surface area contributed by atoms with Gasteiger partial charge in [0.2, 0.25) is 11.8 Å². The summed E-state index contributed by atoms with van der Waals surface area (Å²) in [5.74, 6) is -0.0884. The van der Waals surface area contributed by atoms with Gasteiger partial charge in [-0.05, 0) is 39.5 Å². The lowest BCUT2D eigenvalue weighted by atomic mass is 9.77. The number of piperidine rings is 1. The molecule has 2 aliphatic rings. The molecule has 0 bridgehead atoms. The normalized spacial score (nSPS) is 29.1. The van der Waals surface area contributed by atoms with Crippen LogP contribution >= 0.6 is 0 Å². The number of hydrogen-bond acceptors (Lipinski definition) is 3. The van der Waals surface area contributed by atoms with Crippen molar-refractivity contribution in [1.82, 2.24) is 10.6 Å². The summed E-state index contributed by atoms with van der Waals surface area (Å²) >= 11 is 0. The highest BCUT2D eigenvalue weighted by Crippen LogP contribution is 2.34. The summed E-state index contributed by atoms with van der Waals surface area (Å²) < 4.78 is 0. The van der Waals surface area contributed by atoms with Crippen LogP contribution in [-0.2, 0) is 9.59 Å². The minimum atomic E-state index is -0.786. The van der Waals surface area contributed by atoms with Gasteiger partial charge in [0.1, 0.15) is 0 Å². The molecule has 3 N–H and O–H groups in total. The Morgan fingerprint density at radius 1 is 1.50 bits per heavy atom. The van der Waals surface area contributed by atoms with Crippen LogP contribution in [0.1, 0.15) is 52.4 Å². The van der Waals surface area contributed by atoms with Crippen LogP contribution < -0.4 is 10.6 Å². The Hall–Kier alpha value is -1.10. The van der Waals surface area contributed by atoms with Crippen molar-refractivity contribution in [1.29, 1.82) is 0 Å². The van der Waals surface area contributed by atoms with Crippen molar-refractivity contribution in [2.75, 3.05) is 0 Å². The summed E-state index contributed by atoms with van der Waals surface area (Å²) in [5, 5.41) is 15.8. The number of hydrogen-bond donors (Lipinski definition) is 3. The van der Waals surface area contributed by atoms with Crippen molar-refractivity contribution >= 4 is 11.8 Å². The van der Waals surface area contributed by atoms with Crippen molar-refractivity contribution in [3.05, 3.63) is 0 Å². The minimum absolute atomic E-state index is 0.0307. The molecule has 2 amide bonds. The van der Waals surface area contributed by atoms with E-state index in [0.29, 0.717) is 25.7 Å². The smallest absolute Gasteiger partial charge is 0.223 e. The van der Waals surface area contributed by atoms with Gasteiger partial charge in [0.15, 0.2) is 0 Å². The van der Waals surface area contributed by atoms with Gasteiger partial charge in [0.05, 0.1) is 23.6 Å². The summed E-state index contributed by atoms with van der Waals surface area (Å²) in [6.45, 7) is 3.82. The fraction of sp³-hybridized carbons (Fsp3) is 0.846. The second-order valence-electron chi connectivity index (χ2n) is 6.18. The van der Waals surface area contributed by atoms with Gasteiger partial charge in [-0.15, -0.1) is 0 Å². The Morgan fingerprint density at radius 3 is 2.67 bits per heavy atom. The highest BCUT2D eigenvalue weighted by molar-refractivity contribution is 5.80. The van der Waals surface area contributed by atoms with E-state index < -0.39 is 11.1 Å². The van der Waals surface area contributed by atoms with Crippen LogP contribution in [0, 0.1) is 0 Å². The van der Waals surface area contributed by atoms with Crippen LogP contribution in [0.5, 0.6) is 0 Å². The lowest BCUT2D eigenvalue weighted by Gasteiger charge is -2.41. The van der Waals surface area contributed by atoms with Gasteiger partial charge in [0.25, 0.3) is 0 Å². The molecule has 0 radical (unpaired) electrons. The fourth-order valence-corrected chi connectivity index (χ4v) is 2.70. The van der Waals surface area contributed by atoms with Crippen molar-refractivity contribution in [2.45, 2.75) is 69.6 Å². The number of aliphatic hydroxyl groups is 1. The molecule has 1 unspecified atom stereocenters. The molecule has 2 fully saturated rings. The van der Waals surface area contributed by atoms with Gasteiger partial charge in [-0.2, -0.15) is 0 Å². The highest BCUT2D eigenvalue weighted by atomic mass is 16.3. The minimum Gasteiger partial charge on any atom is -0.389 e. The van der Waals surface area contributed by atoms with Crippen LogP contribution in [-0.4, -0.2) is 34.1 Å². The SMILES string of the molecule is CC1(C)NC(=O)CCC1NC(=O)CC1(O)CCC1. The third-order valence-electron chi connectivity index (χ3n) is 4.10. The Labute approximate surface area is 107 Å². The van der Waals surface area contributed by atoms with Crippen LogP contribution in [0.4, 0.5) is 0 Å². The predicted octanol–water partition coefficient (Wildman–Crippen LogP) is 0.465. The summed E-state index contributed by atoms with van der Waals surface area (Å²) in [5.41, 5.74) is -1.21. The first kappa shape index (κ1) is 13.3. The third kappa shape index (κ3) is 2.83. The van der Waals surface area contributed by atoms with E-state index in [1.807, 2.05) is 13.8 Å². The van der Waals surface area contributed by atoms with Gasteiger partial charge >= 0.3 is 0 Å². The Bertz CT molecular complexity index is 361. The summed E-state index contributed by atoms with van der Waals surface area (Å²) in [4.78, 5) is 23.2. The lowest BCUT2D eigenvalue weighted by Crippen LogP contribution is -2.62. The Morgan fingerprint density at radius 2 is 2.17 bits per heavy atom. The maximum Gasteiger partial charge on any atom is 0.223 e. The van der Waals surface area contributed by atoms with E-state index >= 15 is 0 Å². The summed E-state index contributed by atoms with van der Waals surface area (Å²) in [6, 6.07) is -0.0635. The molecular formula is C13H22N2O3. The molecule has 0 spiro atoms. The molecule has 1 aliphatic heterocycles. The first-order valence-electron chi connectivity index (χ1n) is 6.64. The largest absolute Gasteiger partial charge is 0.389 e. The molecule has 0 aromatic heterocycles. The standard InChI is InChI=1S/C13H22N2O3/c1-12(2)9(4-5-10(16)15-12)14-11(17)8-13(18)6-3-7-13/h9,18H,3-8H2,1-2H3,(H,14,17)(H,15,16). The van der Waals surface area contributed by atoms with Crippen molar-refractivity contribution < 1.29 is 14.7 Å². The van der Waals surface area contributed by atoms with Crippen LogP contribution in [0.25, 0.3) is 0 Å². The second-order valence-corrected chi connectivity index (χ2v) is 6.18. The molecule has 1 atom stereocenters. The molecule has 1 saturated carbocycles. The van der Waals surface area contributed by atoms with E-state index in [-0.39, 0.29) is 24.3 Å². The summed E-state index contributed by atoms with van der Waals surface area (Å²) in [7, 11) is 0. The first-order valence-corrected chi connectivity index (χ1v) is 6.64. The molecule has 0 aromatic carbocycles. The van der Waals surface area contributed by atoms with Crippen LogP contribution in [0.15, 0.2) is 0 Å². The lowest BCUT2D eigenvalue weighted by molar-refractivity contribution is -0.134. The van der Waals surface area contributed by atoms with Crippen LogP contribution in [0.2, 0.25) is 0 Å². The van der Waals surface area contributed by atoms with E-state index in [0.717, 1.165) is 6.42 Å². The topological polar surface area (TPSA) is 78.4 Å². The molecule has 1 aliphatic carbocycles. The number of amides is 2. The molecule has 102 valence electrons. The second kappa shape index (κ2) is 4.53. The molecule has 1 saturated heterocycles. The third-order valence-corrected chi connectivity index (χ3v) is 4.10. The van der Waals surface area contributed by atoms with E-state index in [2.05, 4.69) is 10.6 Å². The van der Waals surface area contributed by atoms with Gasteiger partial charge in [0, 0.05) is 6.42 Å².